The molecule has 6 nitrogen and oxygen atoms in total. The zero-order valence-electron chi connectivity index (χ0n) is 13.0. The fourth-order valence-electron chi connectivity index (χ4n) is 2.35. The predicted molar refractivity (Wildman–Crippen MR) is 80.9 cm³/mol. The van der Waals surface area contributed by atoms with Crippen molar-refractivity contribution in [3.05, 3.63) is 0 Å². The van der Waals surface area contributed by atoms with Crippen molar-refractivity contribution in [1.82, 2.24) is 13.9 Å². The van der Waals surface area contributed by atoms with E-state index in [9.17, 15) is 8.42 Å². The maximum atomic E-state index is 12.4. The molecule has 1 N–H and O–H groups in total. The van der Waals surface area contributed by atoms with Crippen molar-refractivity contribution in [2.75, 3.05) is 46.9 Å². The minimum absolute atomic E-state index is 0.0261. The number of piperidine rings is 1. The Morgan fingerprint density at radius 1 is 1.40 bits per heavy atom. The Morgan fingerprint density at radius 2 is 2.15 bits per heavy atom. The summed E-state index contributed by atoms with van der Waals surface area (Å²) in [5.74, 6) is 0. The number of nitrogens with one attached hydrogen (secondary N) is 1. The second kappa shape index (κ2) is 8.94. The summed E-state index contributed by atoms with van der Waals surface area (Å²) < 4.78 is 33.2. The highest BCUT2D eigenvalue weighted by Crippen LogP contribution is 2.17. The van der Waals surface area contributed by atoms with Gasteiger partial charge in [0, 0.05) is 33.8 Å². The van der Waals surface area contributed by atoms with E-state index in [1.54, 1.807) is 18.5 Å². The van der Waals surface area contributed by atoms with Crippen LogP contribution in [0.3, 0.4) is 0 Å². The van der Waals surface area contributed by atoms with Gasteiger partial charge in [-0.2, -0.15) is 17.0 Å². The molecule has 0 bridgehead atoms. The van der Waals surface area contributed by atoms with Crippen LogP contribution >= 0.6 is 0 Å². The van der Waals surface area contributed by atoms with E-state index in [1.807, 2.05) is 0 Å². The molecule has 1 unspecified atom stereocenters. The first-order valence-electron chi connectivity index (χ1n) is 7.47. The Morgan fingerprint density at radius 3 is 2.80 bits per heavy atom. The van der Waals surface area contributed by atoms with Gasteiger partial charge in [0.1, 0.15) is 0 Å². The highest BCUT2D eigenvalue weighted by Gasteiger charge is 2.31. The summed E-state index contributed by atoms with van der Waals surface area (Å²) in [5, 5.41) is 3.28. The van der Waals surface area contributed by atoms with E-state index in [-0.39, 0.29) is 6.10 Å². The fourth-order valence-corrected chi connectivity index (χ4v) is 3.82. The number of hydrogen-bond acceptors (Lipinski definition) is 4. The lowest BCUT2D eigenvalue weighted by Crippen LogP contribution is -2.48. The molecule has 1 saturated heterocycles. The van der Waals surface area contributed by atoms with Gasteiger partial charge in [-0.1, -0.05) is 6.92 Å². The average molecular weight is 307 g/mol. The van der Waals surface area contributed by atoms with Crippen molar-refractivity contribution in [1.29, 1.82) is 0 Å². The molecule has 1 rings (SSSR count). The van der Waals surface area contributed by atoms with E-state index >= 15 is 0 Å². The SMILES string of the molecule is CCCNCCCN(C)S(=O)(=O)N1CCCC(OC)C1. The van der Waals surface area contributed by atoms with Crippen LogP contribution in [0.25, 0.3) is 0 Å². The lowest BCUT2D eigenvalue weighted by molar-refractivity contribution is 0.0556. The molecule has 0 amide bonds. The molecule has 1 atom stereocenters. The molecule has 0 spiro atoms. The molecular weight excluding hydrogens is 278 g/mol. The highest BCUT2D eigenvalue weighted by atomic mass is 32.2. The third kappa shape index (κ3) is 5.29. The first-order chi connectivity index (χ1) is 9.52. The first kappa shape index (κ1) is 17.8. The summed E-state index contributed by atoms with van der Waals surface area (Å²) >= 11 is 0. The third-order valence-corrected chi connectivity index (χ3v) is 5.60. The molecule has 0 aromatic carbocycles. The number of nitrogens with zero attached hydrogens (tertiary/aromatic N) is 2. The first-order valence-corrected chi connectivity index (χ1v) is 8.87. The van der Waals surface area contributed by atoms with Crippen molar-refractivity contribution in [3.63, 3.8) is 0 Å². The second-order valence-electron chi connectivity index (χ2n) is 5.29. The lowest BCUT2D eigenvalue weighted by Gasteiger charge is -2.33. The van der Waals surface area contributed by atoms with Gasteiger partial charge < -0.3 is 10.1 Å². The van der Waals surface area contributed by atoms with Crippen LogP contribution in [0, 0.1) is 0 Å². The fraction of sp³-hybridized carbons (Fsp3) is 1.00. The topological polar surface area (TPSA) is 61.9 Å². The Labute approximate surface area is 123 Å². The molecule has 0 radical (unpaired) electrons. The zero-order chi connectivity index (χ0) is 15.0. The maximum Gasteiger partial charge on any atom is 0.281 e. The molecule has 0 saturated carbocycles. The second-order valence-corrected chi connectivity index (χ2v) is 7.33. The molecule has 1 aliphatic rings. The standard InChI is InChI=1S/C13H29N3O3S/c1-4-8-14-9-6-10-15(2)20(17,18)16-11-5-7-13(12-16)19-3/h13-14H,4-12H2,1-3H3. The van der Waals surface area contributed by atoms with Crippen molar-refractivity contribution >= 4 is 10.2 Å². The highest BCUT2D eigenvalue weighted by molar-refractivity contribution is 7.86. The van der Waals surface area contributed by atoms with Crippen molar-refractivity contribution in [2.45, 2.75) is 38.7 Å². The Kier molecular flexibility index (Phi) is 7.98. The zero-order valence-corrected chi connectivity index (χ0v) is 13.8. The normalized spacial score (nSPS) is 21.5. The minimum atomic E-state index is -3.34. The molecule has 20 heavy (non-hydrogen) atoms. The third-order valence-electron chi connectivity index (χ3n) is 3.65. The van der Waals surface area contributed by atoms with Gasteiger partial charge in [0.05, 0.1) is 6.10 Å². The molecule has 0 aromatic rings. The molecule has 120 valence electrons. The molecule has 0 aromatic heterocycles. The van der Waals surface area contributed by atoms with Crippen LogP contribution in [-0.2, 0) is 14.9 Å². The van der Waals surface area contributed by atoms with Gasteiger partial charge in [0.25, 0.3) is 10.2 Å². The largest absolute Gasteiger partial charge is 0.380 e. The van der Waals surface area contributed by atoms with E-state index in [1.165, 1.54) is 4.31 Å². The summed E-state index contributed by atoms with van der Waals surface area (Å²) in [6, 6.07) is 0. The molecule has 7 heteroatoms. The maximum absolute atomic E-state index is 12.4. The molecule has 1 fully saturated rings. The number of ether oxygens (including phenoxy) is 1. The molecule has 1 aliphatic heterocycles. The Bertz CT molecular complexity index is 362. The van der Waals surface area contributed by atoms with E-state index in [4.69, 9.17) is 4.74 Å². The van der Waals surface area contributed by atoms with E-state index in [0.29, 0.717) is 19.6 Å². The van der Waals surface area contributed by atoms with Crippen molar-refractivity contribution in [2.24, 2.45) is 0 Å². The van der Waals surface area contributed by atoms with Gasteiger partial charge in [0.2, 0.25) is 0 Å². The Balaban J connectivity index is 2.41. The summed E-state index contributed by atoms with van der Waals surface area (Å²) in [5.41, 5.74) is 0. The monoisotopic (exact) mass is 307 g/mol. The van der Waals surface area contributed by atoms with E-state index in [0.717, 1.165) is 38.8 Å². The minimum Gasteiger partial charge on any atom is -0.380 e. The summed E-state index contributed by atoms with van der Waals surface area (Å²) in [7, 11) is -0.0378. The number of methoxy groups -OCH3 is 1. The molecular formula is C13H29N3O3S. The summed E-state index contributed by atoms with van der Waals surface area (Å²) in [6.07, 6.45) is 3.76. The number of hydrogen-bond donors (Lipinski definition) is 1. The van der Waals surface area contributed by atoms with Crippen molar-refractivity contribution in [3.8, 4) is 0 Å². The van der Waals surface area contributed by atoms with Crippen LogP contribution in [0.2, 0.25) is 0 Å². The predicted octanol–water partition coefficient (Wildman–Crippen LogP) is 0.664. The van der Waals surface area contributed by atoms with Gasteiger partial charge in [-0.15, -0.1) is 0 Å². The van der Waals surface area contributed by atoms with Crippen LogP contribution < -0.4 is 5.32 Å². The number of rotatable bonds is 9. The summed E-state index contributed by atoms with van der Waals surface area (Å²) in [6.45, 7) is 5.57. The van der Waals surface area contributed by atoms with Gasteiger partial charge >= 0.3 is 0 Å². The average Bonchev–Trinajstić information content (AvgIpc) is 2.46. The molecule has 1 heterocycles. The van der Waals surface area contributed by atoms with Gasteiger partial charge in [0.15, 0.2) is 0 Å². The quantitative estimate of drug-likeness (QED) is 0.636. The van der Waals surface area contributed by atoms with E-state index < -0.39 is 10.2 Å². The molecule has 0 aliphatic carbocycles. The van der Waals surface area contributed by atoms with Crippen LogP contribution in [0.15, 0.2) is 0 Å². The van der Waals surface area contributed by atoms with Crippen LogP contribution in [0.1, 0.15) is 32.6 Å². The van der Waals surface area contributed by atoms with Crippen molar-refractivity contribution < 1.29 is 13.2 Å². The summed E-state index contributed by atoms with van der Waals surface area (Å²) in [4.78, 5) is 0. The van der Waals surface area contributed by atoms with Crippen LogP contribution in [0.4, 0.5) is 0 Å². The van der Waals surface area contributed by atoms with Crippen LogP contribution in [-0.4, -0.2) is 70.0 Å². The smallest absolute Gasteiger partial charge is 0.281 e. The van der Waals surface area contributed by atoms with Gasteiger partial charge in [-0.25, -0.2) is 0 Å². The van der Waals surface area contributed by atoms with Gasteiger partial charge in [-0.05, 0) is 38.8 Å². The lowest BCUT2D eigenvalue weighted by atomic mass is 10.1. The van der Waals surface area contributed by atoms with Gasteiger partial charge in [-0.3, -0.25) is 0 Å². The Hall–Kier alpha value is -0.210. The van der Waals surface area contributed by atoms with Crippen LogP contribution in [0.5, 0.6) is 0 Å². The van der Waals surface area contributed by atoms with E-state index in [2.05, 4.69) is 12.2 Å².